The van der Waals surface area contributed by atoms with E-state index in [2.05, 4.69) is 17.6 Å². The van der Waals surface area contributed by atoms with Crippen molar-refractivity contribution in [3.05, 3.63) is 29.3 Å². The molecule has 0 aliphatic rings. The van der Waals surface area contributed by atoms with Crippen molar-refractivity contribution in [1.29, 1.82) is 0 Å². The summed E-state index contributed by atoms with van der Waals surface area (Å²) in [6.45, 7) is 1.53. The van der Waals surface area contributed by atoms with Crippen LogP contribution in [0.4, 0.5) is 17.6 Å². The van der Waals surface area contributed by atoms with Crippen LogP contribution in [-0.2, 0) is 6.18 Å². The summed E-state index contributed by atoms with van der Waals surface area (Å²) in [4.78, 5) is 3.37. The lowest BCUT2D eigenvalue weighted by molar-refractivity contribution is -0.138. The molecule has 0 saturated carbocycles. The maximum absolute atomic E-state index is 13.0. The Labute approximate surface area is 83.6 Å². The van der Waals surface area contributed by atoms with Crippen molar-refractivity contribution in [3.8, 4) is 0 Å². The highest BCUT2D eigenvalue weighted by molar-refractivity contribution is 7.80. The molecule has 6 heteroatoms. The molecule has 1 unspecified atom stereocenters. The molecule has 1 atom stereocenters. The average molecular weight is 225 g/mol. The Bertz CT molecular complexity index is 335. The zero-order valence-corrected chi connectivity index (χ0v) is 8.03. The number of hydrogen-bond acceptors (Lipinski definition) is 2. The van der Waals surface area contributed by atoms with Crippen molar-refractivity contribution >= 4 is 12.6 Å². The summed E-state index contributed by atoms with van der Waals surface area (Å²) < 4.78 is 49.2. The Morgan fingerprint density at radius 3 is 2.36 bits per heavy atom. The summed E-state index contributed by atoms with van der Waals surface area (Å²) in [6.07, 6.45) is -3.96. The van der Waals surface area contributed by atoms with Gasteiger partial charge in [0.2, 0.25) is 0 Å². The smallest absolute Gasteiger partial charge is 0.256 e. The van der Waals surface area contributed by atoms with Gasteiger partial charge in [-0.05, 0) is 13.0 Å². The van der Waals surface area contributed by atoms with Gasteiger partial charge < -0.3 is 0 Å². The minimum absolute atomic E-state index is 0.0821. The van der Waals surface area contributed by atoms with Crippen LogP contribution in [0.25, 0.3) is 0 Å². The average Bonchev–Trinajstić information content (AvgIpc) is 2.01. The molecule has 0 amide bonds. The Kier molecular flexibility index (Phi) is 3.04. The quantitative estimate of drug-likeness (QED) is 0.572. The van der Waals surface area contributed by atoms with Crippen LogP contribution in [0.15, 0.2) is 12.3 Å². The highest BCUT2D eigenvalue weighted by Gasteiger charge is 2.32. The number of aromatic nitrogens is 1. The summed E-state index contributed by atoms with van der Waals surface area (Å²) in [5.41, 5.74) is -1.17. The van der Waals surface area contributed by atoms with E-state index in [9.17, 15) is 17.6 Å². The lowest BCUT2D eigenvalue weighted by Crippen LogP contribution is -2.08. The number of pyridine rings is 1. The molecular weight excluding hydrogens is 218 g/mol. The Hall–Kier alpha value is -0.780. The van der Waals surface area contributed by atoms with Gasteiger partial charge in [0.05, 0.1) is 11.3 Å². The van der Waals surface area contributed by atoms with Gasteiger partial charge in [0.25, 0.3) is 0 Å². The molecular formula is C8H7F4NS. The fourth-order valence-corrected chi connectivity index (χ4v) is 1.10. The maximum atomic E-state index is 13.0. The summed E-state index contributed by atoms with van der Waals surface area (Å²) in [5.74, 6) is -0.984. The van der Waals surface area contributed by atoms with Gasteiger partial charge in [-0.15, -0.1) is 0 Å². The Morgan fingerprint density at radius 1 is 1.43 bits per heavy atom. The van der Waals surface area contributed by atoms with E-state index in [1.807, 2.05) is 0 Å². The molecule has 0 radical (unpaired) electrons. The van der Waals surface area contributed by atoms with Crippen molar-refractivity contribution < 1.29 is 17.6 Å². The lowest BCUT2D eigenvalue weighted by atomic mass is 10.2. The van der Waals surface area contributed by atoms with Crippen LogP contribution in [0.1, 0.15) is 23.4 Å². The predicted molar refractivity (Wildman–Crippen MR) is 46.6 cm³/mol. The van der Waals surface area contributed by atoms with Crippen molar-refractivity contribution in [2.45, 2.75) is 18.3 Å². The SMILES string of the molecule is CC(S)c1ncc(C(F)(F)F)cc1F. The molecule has 0 N–H and O–H groups in total. The molecule has 78 valence electrons. The van der Waals surface area contributed by atoms with Crippen LogP contribution < -0.4 is 0 Å². The maximum Gasteiger partial charge on any atom is 0.417 e. The van der Waals surface area contributed by atoms with Gasteiger partial charge in [-0.25, -0.2) is 4.39 Å². The summed E-state index contributed by atoms with van der Waals surface area (Å²) >= 11 is 3.88. The molecule has 0 bridgehead atoms. The van der Waals surface area contributed by atoms with Crippen LogP contribution in [0.5, 0.6) is 0 Å². The van der Waals surface area contributed by atoms with Crippen LogP contribution >= 0.6 is 12.6 Å². The summed E-state index contributed by atoms with van der Waals surface area (Å²) in [7, 11) is 0. The van der Waals surface area contributed by atoms with Gasteiger partial charge in [-0.2, -0.15) is 25.8 Å². The van der Waals surface area contributed by atoms with E-state index in [-0.39, 0.29) is 5.69 Å². The Morgan fingerprint density at radius 2 is 2.00 bits per heavy atom. The standard InChI is InChI=1S/C8H7F4NS/c1-4(14)7-6(9)2-5(3-13-7)8(10,11)12/h2-4,14H,1H3. The molecule has 1 aromatic rings. The molecule has 0 aromatic carbocycles. The third-order valence-electron chi connectivity index (χ3n) is 1.59. The Balaban J connectivity index is 3.13. The van der Waals surface area contributed by atoms with Crippen LogP contribution in [-0.4, -0.2) is 4.98 Å². The largest absolute Gasteiger partial charge is 0.417 e. The van der Waals surface area contributed by atoms with Crippen molar-refractivity contribution in [3.63, 3.8) is 0 Å². The van der Waals surface area contributed by atoms with E-state index in [0.29, 0.717) is 12.3 Å². The minimum Gasteiger partial charge on any atom is -0.256 e. The molecule has 0 spiro atoms. The first-order valence-corrected chi connectivity index (χ1v) is 4.24. The van der Waals surface area contributed by atoms with E-state index in [4.69, 9.17) is 0 Å². The molecule has 0 saturated heterocycles. The molecule has 0 aliphatic carbocycles. The zero-order chi connectivity index (χ0) is 10.9. The van der Waals surface area contributed by atoms with E-state index in [1.54, 1.807) is 0 Å². The summed E-state index contributed by atoms with van der Waals surface area (Å²) in [5, 5.41) is -0.530. The predicted octanol–water partition coefficient (Wildman–Crippen LogP) is 3.23. The fraction of sp³-hybridized carbons (Fsp3) is 0.375. The van der Waals surface area contributed by atoms with E-state index in [1.165, 1.54) is 6.92 Å². The minimum atomic E-state index is -4.56. The number of halogens is 4. The monoisotopic (exact) mass is 225 g/mol. The zero-order valence-electron chi connectivity index (χ0n) is 7.14. The summed E-state index contributed by atoms with van der Waals surface area (Å²) in [6, 6.07) is 0.426. The number of hydrogen-bond donors (Lipinski definition) is 1. The second-order valence-corrected chi connectivity index (χ2v) is 3.54. The fourth-order valence-electron chi connectivity index (χ4n) is 0.911. The van der Waals surface area contributed by atoms with Crippen molar-refractivity contribution in [1.82, 2.24) is 4.98 Å². The van der Waals surface area contributed by atoms with E-state index < -0.39 is 22.8 Å². The van der Waals surface area contributed by atoms with Gasteiger partial charge >= 0.3 is 6.18 Å². The first-order valence-electron chi connectivity index (χ1n) is 3.73. The molecule has 0 aliphatic heterocycles. The van der Waals surface area contributed by atoms with Crippen molar-refractivity contribution in [2.24, 2.45) is 0 Å². The molecule has 1 heterocycles. The molecule has 1 nitrogen and oxygen atoms in total. The molecule has 1 aromatic heterocycles. The molecule has 0 fully saturated rings. The lowest BCUT2D eigenvalue weighted by Gasteiger charge is -2.09. The highest BCUT2D eigenvalue weighted by Crippen LogP contribution is 2.30. The van der Waals surface area contributed by atoms with Gasteiger partial charge in [0.15, 0.2) is 0 Å². The normalized spacial score (nSPS) is 14.1. The topological polar surface area (TPSA) is 12.9 Å². The van der Waals surface area contributed by atoms with Crippen LogP contribution in [0.3, 0.4) is 0 Å². The number of alkyl halides is 3. The van der Waals surface area contributed by atoms with Crippen LogP contribution in [0.2, 0.25) is 0 Å². The number of nitrogens with zero attached hydrogens (tertiary/aromatic N) is 1. The van der Waals surface area contributed by atoms with E-state index in [0.717, 1.165) is 0 Å². The second-order valence-electron chi connectivity index (χ2n) is 2.76. The third kappa shape index (κ3) is 2.37. The third-order valence-corrected chi connectivity index (χ3v) is 1.84. The first-order chi connectivity index (χ1) is 6.32. The highest BCUT2D eigenvalue weighted by atomic mass is 32.1. The second kappa shape index (κ2) is 3.76. The van der Waals surface area contributed by atoms with Gasteiger partial charge in [-0.1, -0.05) is 0 Å². The van der Waals surface area contributed by atoms with Crippen LogP contribution in [0, 0.1) is 5.82 Å². The van der Waals surface area contributed by atoms with Crippen molar-refractivity contribution in [2.75, 3.05) is 0 Å². The van der Waals surface area contributed by atoms with E-state index >= 15 is 0 Å². The first kappa shape index (κ1) is 11.3. The van der Waals surface area contributed by atoms with Gasteiger partial charge in [0, 0.05) is 11.4 Å². The number of thiol groups is 1. The number of rotatable bonds is 1. The van der Waals surface area contributed by atoms with Gasteiger partial charge in [-0.3, -0.25) is 4.98 Å². The molecule has 1 rings (SSSR count). The van der Waals surface area contributed by atoms with Gasteiger partial charge in [0.1, 0.15) is 5.82 Å². The molecule has 14 heavy (non-hydrogen) atoms.